The van der Waals surface area contributed by atoms with Crippen LogP contribution in [0.3, 0.4) is 0 Å². The number of morpholine rings is 1. The van der Waals surface area contributed by atoms with Gasteiger partial charge in [-0.3, -0.25) is 9.59 Å². The predicted molar refractivity (Wildman–Crippen MR) is 70.6 cm³/mol. The first-order valence-electron chi connectivity index (χ1n) is 6.38. The molecule has 0 aliphatic carbocycles. The van der Waals surface area contributed by atoms with E-state index in [1.54, 1.807) is 19.9 Å². The Morgan fingerprint density at radius 2 is 2.10 bits per heavy atom. The van der Waals surface area contributed by atoms with Crippen LogP contribution >= 0.6 is 0 Å². The Morgan fingerprint density at radius 1 is 1.40 bits per heavy atom. The number of carbonyl (C=O) groups is 2. The zero-order chi connectivity index (χ0) is 14.9. The van der Waals surface area contributed by atoms with Crippen molar-refractivity contribution in [2.24, 2.45) is 5.73 Å². The summed E-state index contributed by atoms with van der Waals surface area (Å²) in [4.78, 5) is 24.9. The summed E-state index contributed by atoms with van der Waals surface area (Å²) in [6.45, 7) is 3.83. The van der Waals surface area contributed by atoms with Crippen LogP contribution in [0.2, 0.25) is 0 Å². The highest BCUT2D eigenvalue weighted by Gasteiger charge is 2.32. The number of carbonyl (C=O) groups excluding carboxylic acids is 2. The van der Waals surface area contributed by atoms with Crippen LogP contribution < -0.4 is 5.73 Å². The van der Waals surface area contributed by atoms with Gasteiger partial charge in [0.15, 0.2) is 6.10 Å². The quantitative estimate of drug-likeness (QED) is 0.873. The molecule has 1 aliphatic rings. The second kappa shape index (κ2) is 5.58. The highest BCUT2D eigenvalue weighted by atomic mass is 19.1. The standard InChI is InChI=1S/C14H17FN2O3/c1-8-3-4-10(11(15)5-8)14(19)17-6-9(2)20-12(7-17)13(16)18/h3-5,9,12H,6-7H2,1-2H3,(H2,16,18)/t9-,12?/m1/s1. The second-order valence-electron chi connectivity index (χ2n) is 5.03. The number of nitrogens with two attached hydrogens (primary N) is 1. The lowest BCUT2D eigenvalue weighted by molar-refractivity contribution is -0.140. The average Bonchev–Trinajstić information content (AvgIpc) is 2.37. The highest BCUT2D eigenvalue weighted by Crippen LogP contribution is 2.17. The van der Waals surface area contributed by atoms with Crippen molar-refractivity contribution >= 4 is 11.8 Å². The highest BCUT2D eigenvalue weighted by molar-refractivity contribution is 5.95. The average molecular weight is 280 g/mol. The number of halogens is 1. The van der Waals surface area contributed by atoms with Crippen LogP contribution in [0.1, 0.15) is 22.8 Å². The molecule has 0 bridgehead atoms. The molecule has 1 aliphatic heterocycles. The molecule has 1 heterocycles. The molecule has 6 heteroatoms. The van der Waals surface area contributed by atoms with E-state index in [9.17, 15) is 14.0 Å². The van der Waals surface area contributed by atoms with Crippen LogP contribution in [-0.4, -0.2) is 42.0 Å². The summed E-state index contributed by atoms with van der Waals surface area (Å²) >= 11 is 0. The van der Waals surface area contributed by atoms with Gasteiger partial charge in [-0.1, -0.05) is 6.07 Å². The Kier molecular flexibility index (Phi) is 4.04. The number of nitrogens with zero attached hydrogens (tertiary/aromatic N) is 1. The first kappa shape index (κ1) is 14.5. The zero-order valence-electron chi connectivity index (χ0n) is 11.4. The molecule has 108 valence electrons. The van der Waals surface area contributed by atoms with E-state index in [1.165, 1.54) is 17.0 Å². The fraction of sp³-hybridized carbons (Fsp3) is 0.429. The van der Waals surface area contributed by atoms with Crippen molar-refractivity contribution in [3.63, 3.8) is 0 Å². The lowest BCUT2D eigenvalue weighted by atomic mass is 10.1. The number of rotatable bonds is 2. The molecule has 0 saturated carbocycles. The van der Waals surface area contributed by atoms with Gasteiger partial charge >= 0.3 is 0 Å². The van der Waals surface area contributed by atoms with Crippen molar-refractivity contribution in [3.05, 3.63) is 35.1 Å². The molecule has 5 nitrogen and oxygen atoms in total. The third-order valence-corrected chi connectivity index (χ3v) is 3.22. The van der Waals surface area contributed by atoms with Crippen molar-refractivity contribution in [2.45, 2.75) is 26.1 Å². The van der Waals surface area contributed by atoms with E-state index in [0.717, 1.165) is 5.56 Å². The number of aryl methyl sites for hydroxylation is 1. The largest absolute Gasteiger partial charge is 0.367 e. The minimum absolute atomic E-state index is 0.00656. The third kappa shape index (κ3) is 2.96. The second-order valence-corrected chi connectivity index (χ2v) is 5.03. The van der Waals surface area contributed by atoms with Gasteiger partial charge in [0.05, 0.1) is 18.2 Å². The van der Waals surface area contributed by atoms with Crippen LogP contribution in [0.4, 0.5) is 4.39 Å². The van der Waals surface area contributed by atoms with E-state index in [0.29, 0.717) is 6.54 Å². The maximum absolute atomic E-state index is 13.8. The molecule has 0 spiro atoms. The summed E-state index contributed by atoms with van der Waals surface area (Å²) < 4.78 is 19.2. The van der Waals surface area contributed by atoms with Crippen molar-refractivity contribution in [2.75, 3.05) is 13.1 Å². The van der Waals surface area contributed by atoms with Gasteiger partial charge in [-0.05, 0) is 31.5 Å². The van der Waals surface area contributed by atoms with Gasteiger partial charge in [-0.15, -0.1) is 0 Å². The molecule has 2 amide bonds. The molecule has 0 aromatic heterocycles. The van der Waals surface area contributed by atoms with Crippen molar-refractivity contribution in [3.8, 4) is 0 Å². The summed E-state index contributed by atoms with van der Waals surface area (Å²) in [5.41, 5.74) is 5.94. The summed E-state index contributed by atoms with van der Waals surface area (Å²) in [6, 6.07) is 4.43. The minimum Gasteiger partial charge on any atom is -0.367 e. The molecule has 1 unspecified atom stereocenters. The van der Waals surface area contributed by atoms with Crippen LogP contribution in [0.25, 0.3) is 0 Å². The number of hydrogen-bond donors (Lipinski definition) is 1. The molecule has 2 atom stereocenters. The zero-order valence-corrected chi connectivity index (χ0v) is 11.4. The monoisotopic (exact) mass is 280 g/mol. The van der Waals surface area contributed by atoms with Crippen LogP contribution in [0, 0.1) is 12.7 Å². The smallest absolute Gasteiger partial charge is 0.257 e. The van der Waals surface area contributed by atoms with Gasteiger partial charge in [-0.2, -0.15) is 0 Å². The first-order chi connectivity index (χ1) is 9.38. The van der Waals surface area contributed by atoms with E-state index in [2.05, 4.69) is 0 Å². The van der Waals surface area contributed by atoms with Crippen molar-refractivity contribution in [1.29, 1.82) is 0 Å². The molecule has 1 fully saturated rings. The number of primary amides is 1. The topological polar surface area (TPSA) is 72.6 Å². The molecule has 1 saturated heterocycles. The van der Waals surface area contributed by atoms with Crippen LogP contribution in [-0.2, 0) is 9.53 Å². The Labute approximate surface area is 116 Å². The maximum Gasteiger partial charge on any atom is 0.257 e. The Bertz CT molecular complexity index is 547. The Balaban J connectivity index is 2.21. The fourth-order valence-corrected chi connectivity index (χ4v) is 2.24. The molecular formula is C14H17FN2O3. The van der Waals surface area contributed by atoms with Crippen molar-refractivity contribution < 1.29 is 18.7 Å². The first-order valence-corrected chi connectivity index (χ1v) is 6.38. The van der Waals surface area contributed by atoms with Gasteiger partial charge in [0.25, 0.3) is 5.91 Å². The van der Waals surface area contributed by atoms with Gasteiger partial charge in [0.1, 0.15) is 5.82 Å². The van der Waals surface area contributed by atoms with Crippen LogP contribution in [0.5, 0.6) is 0 Å². The lowest BCUT2D eigenvalue weighted by Gasteiger charge is -2.35. The molecule has 1 aromatic carbocycles. The SMILES string of the molecule is Cc1ccc(C(=O)N2CC(C(N)=O)O[C@H](C)C2)c(F)c1. The summed E-state index contributed by atoms with van der Waals surface area (Å²) in [7, 11) is 0. The molecule has 20 heavy (non-hydrogen) atoms. The van der Waals surface area contributed by atoms with Gasteiger partial charge in [-0.25, -0.2) is 4.39 Å². The Hall–Kier alpha value is -1.95. The molecule has 2 rings (SSSR count). The number of amides is 2. The molecule has 1 aromatic rings. The molecular weight excluding hydrogens is 263 g/mol. The van der Waals surface area contributed by atoms with E-state index in [1.807, 2.05) is 0 Å². The van der Waals surface area contributed by atoms with E-state index in [4.69, 9.17) is 10.5 Å². The maximum atomic E-state index is 13.8. The Morgan fingerprint density at radius 3 is 2.70 bits per heavy atom. The van der Waals surface area contributed by atoms with Gasteiger partial charge < -0.3 is 15.4 Å². The van der Waals surface area contributed by atoms with E-state index >= 15 is 0 Å². The van der Waals surface area contributed by atoms with Crippen LogP contribution in [0.15, 0.2) is 18.2 Å². The van der Waals surface area contributed by atoms with Gasteiger partial charge in [0, 0.05) is 6.54 Å². The predicted octanol–water partition coefficient (Wildman–Crippen LogP) is 0.849. The van der Waals surface area contributed by atoms with Crippen molar-refractivity contribution in [1.82, 2.24) is 4.90 Å². The molecule has 0 radical (unpaired) electrons. The van der Waals surface area contributed by atoms with E-state index in [-0.39, 0.29) is 18.2 Å². The number of ether oxygens (including phenoxy) is 1. The molecule has 2 N–H and O–H groups in total. The summed E-state index contributed by atoms with van der Waals surface area (Å²) in [6.07, 6.45) is -1.17. The summed E-state index contributed by atoms with van der Waals surface area (Å²) in [5, 5.41) is 0. The summed E-state index contributed by atoms with van der Waals surface area (Å²) in [5.74, 6) is -1.65. The number of hydrogen-bond acceptors (Lipinski definition) is 3. The third-order valence-electron chi connectivity index (χ3n) is 3.22. The number of benzene rings is 1. The fourth-order valence-electron chi connectivity index (χ4n) is 2.24. The van der Waals surface area contributed by atoms with E-state index < -0.39 is 23.7 Å². The lowest BCUT2D eigenvalue weighted by Crippen LogP contribution is -2.53. The minimum atomic E-state index is -0.851. The normalized spacial score (nSPS) is 22.6. The van der Waals surface area contributed by atoms with Gasteiger partial charge in [0.2, 0.25) is 5.91 Å².